The highest BCUT2D eigenvalue weighted by Gasteiger charge is 2.17. The zero-order valence-corrected chi connectivity index (χ0v) is 18.0. The van der Waals surface area contributed by atoms with Crippen LogP contribution in [0, 0.1) is 17.1 Å². The Kier molecular flexibility index (Phi) is 5.28. The van der Waals surface area contributed by atoms with Gasteiger partial charge in [-0.15, -0.1) is 0 Å². The van der Waals surface area contributed by atoms with E-state index < -0.39 is 5.82 Å². The molecule has 5 heteroatoms. The van der Waals surface area contributed by atoms with Crippen molar-refractivity contribution in [1.29, 1.82) is 5.26 Å². The van der Waals surface area contributed by atoms with Crippen LogP contribution in [0.2, 0.25) is 0 Å². The summed E-state index contributed by atoms with van der Waals surface area (Å²) >= 11 is 0. The van der Waals surface area contributed by atoms with Crippen LogP contribution in [0.3, 0.4) is 0 Å². The van der Waals surface area contributed by atoms with Crippen molar-refractivity contribution in [2.45, 2.75) is 19.3 Å². The summed E-state index contributed by atoms with van der Waals surface area (Å²) in [6, 6.07) is 23.3. The maximum Gasteiger partial charge on any atom is 0.165 e. The summed E-state index contributed by atoms with van der Waals surface area (Å²) in [6.07, 6.45) is 3.74. The molecule has 1 aromatic heterocycles. The van der Waals surface area contributed by atoms with Gasteiger partial charge in [-0.3, -0.25) is 0 Å². The summed E-state index contributed by atoms with van der Waals surface area (Å²) in [5, 5.41) is 10.3. The van der Waals surface area contributed by atoms with Gasteiger partial charge in [-0.2, -0.15) is 5.26 Å². The highest BCUT2D eigenvalue weighted by Crippen LogP contribution is 2.35. The Morgan fingerprint density at radius 1 is 0.875 bits per heavy atom. The van der Waals surface area contributed by atoms with Gasteiger partial charge in [-0.25, -0.2) is 4.39 Å². The number of nitriles is 1. The van der Waals surface area contributed by atoms with Gasteiger partial charge in [0.05, 0.1) is 30.0 Å². The lowest BCUT2D eigenvalue weighted by Gasteiger charge is -2.28. The summed E-state index contributed by atoms with van der Waals surface area (Å²) in [4.78, 5) is 2.44. The number of halogens is 1. The molecule has 4 aromatic rings. The normalized spacial score (nSPS) is 13.8. The van der Waals surface area contributed by atoms with Crippen LogP contribution in [0.5, 0.6) is 5.75 Å². The standard InChI is InChI=1S/C27H24FN3O/c1-32-27-12-7-20(16-24(27)28)26-17-21-15-23(30-13-3-2-4-14-30)10-11-25(21)31(26)22-8-5-19(18-29)6-9-22/h5-12,15-17H,2-4,13-14H2,1H3. The molecular weight excluding hydrogens is 401 g/mol. The first-order valence-electron chi connectivity index (χ1n) is 10.9. The van der Waals surface area contributed by atoms with Crippen LogP contribution in [0.4, 0.5) is 10.1 Å². The average molecular weight is 426 g/mol. The molecule has 160 valence electrons. The summed E-state index contributed by atoms with van der Waals surface area (Å²) in [5.41, 5.74) is 5.46. The second kappa shape index (κ2) is 8.39. The number of hydrogen-bond donors (Lipinski definition) is 0. The van der Waals surface area contributed by atoms with Gasteiger partial charge in [0.15, 0.2) is 11.6 Å². The van der Waals surface area contributed by atoms with Crippen LogP contribution in [0.15, 0.2) is 66.7 Å². The number of methoxy groups -OCH3 is 1. The van der Waals surface area contributed by atoms with E-state index in [0.717, 1.165) is 40.9 Å². The molecule has 5 rings (SSSR count). The molecular formula is C27H24FN3O. The van der Waals surface area contributed by atoms with Crippen molar-refractivity contribution in [3.63, 3.8) is 0 Å². The van der Waals surface area contributed by atoms with E-state index in [1.807, 2.05) is 30.3 Å². The number of ether oxygens (including phenoxy) is 1. The Labute approximate surface area is 187 Å². The van der Waals surface area contributed by atoms with Crippen LogP contribution in [-0.2, 0) is 0 Å². The van der Waals surface area contributed by atoms with Gasteiger partial charge < -0.3 is 14.2 Å². The molecule has 0 amide bonds. The van der Waals surface area contributed by atoms with Crippen LogP contribution in [-0.4, -0.2) is 24.8 Å². The minimum Gasteiger partial charge on any atom is -0.494 e. The quantitative estimate of drug-likeness (QED) is 0.385. The molecule has 0 unspecified atom stereocenters. The third-order valence-electron chi connectivity index (χ3n) is 6.21. The van der Waals surface area contributed by atoms with Gasteiger partial charge in [0.2, 0.25) is 0 Å². The van der Waals surface area contributed by atoms with E-state index in [9.17, 15) is 9.65 Å². The minimum atomic E-state index is -0.393. The molecule has 0 aliphatic carbocycles. The lowest BCUT2D eigenvalue weighted by atomic mass is 10.1. The van der Waals surface area contributed by atoms with E-state index in [2.05, 4.69) is 39.8 Å². The van der Waals surface area contributed by atoms with E-state index in [1.54, 1.807) is 6.07 Å². The summed E-state index contributed by atoms with van der Waals surface area (Å²) in [6.45, 7) is 2.16. The third kappa shape index (κ3) is 3.58. The number of aromatic nitrogens is 1. The largest absolute Gasteiger partial charge is 0.494 e. The Morgan fingerprint density at radius 3 is 2.31 bits per heavy atom. The second-order valence-electron chi connectivity index (χ2n) is 8.16. The zero-order valence-electron chi connectivity index (χ0n) is 18.0. The van der Waals surface area contributed by atoms with Gasteiger partial charge in [0, 0.05) is 35.4 Å². The van der Waals surface area contributed by atoms with E-state index in [4.69, 9.17) is 4.74 Å². The minimum absolute atomic E-state index is 0.224. The molecule has 2 heterocycles. The Bertz CT molecular complexity index is 1310. The molecule has 0 atom stereocenters. The monoisotopic (exact) mass is 425 g/mol. The molecule has 0 bridgehead atoms. The van der Waals surface area contributed by atoms with Crippen LogP contribution >= 0.6 is 0 Å². The van der Waals surface area contributed by atoms with Crippen molar-refractivity contribution in [1.82, 2.24) is 4.57 Å². The zero-order chi connectivity index (χ0) is 22.1. The fourth-order valence-electron chi connectivity index (χ4n) is 4.55. The lowest BCUT2D eigenvalue weighted by Crippen LogP contribution is -2.29. The highest BCUT2D eigenvalue weighted by molar-refractivity contribution is 5.91. The van der Waals surface area contributed by atoms with Gasteiger partial charge in [0.25, 0.3) is 0 Å². The number of fused-ring (bicyclic) bond motifs is 1. The predicted molar refractivity (Wildman–Crippen MR) is 126 cm³/mol. The molecule has 1 fully saturated rings. The first kappa shape index (κ1) is 20.1. The fourth-order valence-corrected chi connectivity index (χ4v) is 4.55. The summed E-state index contributed by atoms with van der Waals surface area (Å²) in [7, 11) is 1.47. The number of nitrogens with zero attached hydrogens (tertiary/aromatic N) is 3. The Balaban J connectivity index is 1.69. The Hall–Kier alpha value is -3.78. The first-order valence-corrected chi connectivity index (χ1v) is 10.9. The molecule has 3 aromatic carbocycles. The van der Waals surface area contributed by atoms with E-state index >= 15 is 0 Å². The van der Waals surface area contributed by atoms with E-state index in [0.29, 0.717) is 5.56 Å². The molecule has 1 aliphatic rings. The molecule has 1 saturated heterocycles. The maximum atomic E-state index is 14.6. The fraction of sp³-hybridized carbons (Fsp3) is 0.222. The molecule has 4 nitrogen and oxygen atoms in total. The van der Waals surface area contributed by atoms with Gasteiger partial charge in [0.1, 0.15) is 0 Å². The van der Waals surface area contributed by atoms with Gasteiger partial charge >= 0.3 is 0 Å². The van der Waals surface area contributed by atoms with Gasteiger partial charge in [-0.1, -0.05) is 0 Å². The number of benzene rings is 3. The molecule has 1 aliphatic heterocycles. The molecule has 0 spiro atoms. The third-order valence-corrected chi connectivity index (χ3v) is 6.21. The van der Waals surface area contributed by atoms with Crippen LogP contribution < -0.4 is 9.64 Å². The van der Waals surface area contributed by atoms with Crippen molar-refractivity contribution in [2.24, 2.45) is 0 Å². The van der Waals surface area contributed by atoms with Gasteiger partial charge in [-0.05, 0) is 86.0 Å². The topological polar surface area (TPSA) is 41.2 Å². The highest BCUT2D eigenvalue weighted by atomic mass is 19.1. The number of rotatable bonds is 4. The predicted octanol–water partition coefficient (Wildman–Crippen LogP) is 6.31. The molecule has 32 heavy (non-hydrogen) atoms. The smallest absolute Gasteiger partial charge is 0.165 e. The van der Waals surface area contributed by atoms with Crippen molar-refractivity contribution < 1.29 is 9.13 Å². The SMILES string of the molecule is COc1ccc(-c2cc3cc(N4CCCCC4)ccc3n2-c2ccc(C#N)cc2)cc1F. The summed E-state index contributed by atoms with van der Waals surface area (Å²) in [5.74, 6) is -0.169. The maximum absolute atomic E-state index is 14.6. The van der Waals surface area contributed by atoms with Crippen LogP contribution in [0.1, 0.15) is 24.8 Å². The van der Waals surface area contributed by atoms with Crippen molar-refractivity contribution in [3.8, 4) is 28.8 Å². The van der Waals surface area contributed by atoms with Crippen LogP contribution in [0.25, 0.3) is 27.8 Å². The first-order chi connectivity index (χ1) is 15.7. The second-order valence-corrected chi connectivity index (χ2v) is 8.16. The number of hydrogen-bond acceptors (Lipinski definition) is 3. The summed E-state index contributed by atoms with van der Waals surface area (Å²) < 4.78 is 21.8. The Morgan fingerprint density at radius 2 is 1.62 bits per heavy atom. The van der Waals surface area contributed by atoms with E-state index in [-0.39, 0.29) is 5.75 Å². The molecule has 0 N–H and O–H groups in total. The van der Waals surface area contributed by atoms with Crippen molar-refractivity contribution in [3.05, 3.63) is 78.1 Å². The molecule has 0 radical (unpaired) electrons. The lowest BCUT2D eigenvalue weighted by molar-refractivity contribution is 0.386. The van der Waals surface area contributed by atoms with Crippen molar-refractivity contribution in [2.75, 3.05) is 25.1 Å². The van der Waals surface area contributed by atoms with Crippen molar-refractivity contribution >= 4 is 16.6 Å². The average Bonchev–Trinajstić information content (AvgIpc) is 3.23. The number of piperidine rings is 1. The molecule has 0 saturated carbocycles. The van der Waals surface area contributed by atoms with E-state index in [1.165, 1.54) is 38.1 Å². The number of anilines is 1.